The monoisotopic (exact) mass is 431 g/mol. The highest BCUT2D eigenvalue weighted by Gasteiger charge is 2.28. The van der Waals surface area contributed by atoms with E-state index < -0.39 is 23.3 Å². The molecule has 0 spiro atoms. The number of carboxylic acids is 3. The highest BCUT2D eigenvalue weighted by atomic mass is 16.4. The number of benzene rings is 2. The van der Waals surface area contributed by atoms with Gasteiger partial charge in [0, 0.05) is 11.8 Å². The number of aromatic carboxylic acids is 3. The molecule has 3 aromatic heterocycles. The van der Waals surface area contributed by atoms with Crippen LogP contribution in [0.1, 0.15) is 42.7 Å². The summed E-state index contributed by atoms with van der Waals surface area (Å²) in [7, 11) is 0. The number of aromatic nitrogens is 3. The Labute approximate surface area is 177 Å². The van der Waals surface area contributed by atoms with Crippen molar-refractivity contribution in [3.05, 3.63) is 81.0 Å². The second-order valence-corrected chi connectivity index (χ2v) is 7.26. The summed E-state index contributed by atoms with van der Waals surface area (Å²) in [6.07, 6.45) is 0.190. The van der Waals surface area contributed by atoms with Crippen molar-refractivity contribution in [2.24, 2.45) is 0 Å². The van der Waals surface area contributed by atoms with Crippen LogP contribution in [-0.2, 0) is 6.42 Å². The zero-order valence-electron chi connectivity index (χ0n) is 16.1. The molecular weight excluding hydrogens is 418 g/mol. The summed E-state index contributed by atoms with van der Waals surface area (Å²) in [6.45, 7) is 0. The second kappa shape index (κ2) is 6.64. The van der Waals surface area contributed by atoms with E-state index in [2.05, 4.69) is 9.97 Å². The van der Waals surface area contributed by atoms with Crippen molar-refractivity contribution in [3.63, 3.8) is 0 Å². The minimum absolute atomic E-state index is 0.00500. The molecule has 5 aromatic rings. The summed E-state index contributed by atoms with van der Waals surface area (Å²) in [5.74, 6) is -3.90. The average Bonchev–Trinajstić information content (AvgIpc) is 3.36. The molecule has 0 saturated carbocycles. The maximum atomic E-state index is 13.2. The van der Waals surface area contributed by atoms with Gasteiger partial charge in [-0.25, -0.2) is 19.4 Å². The fourth-order valence-electron chi connectivity index (χ4n) is 4.07. The predicted molar refractivity (Wildman–Crippen MR) is 112 cm³/mol. The number of rotatable bonds is 5. The molecule has 0 fully saturated rings. The van der Waals surface area contributed by atoms with Gasteiger partial charge < -0.3 is 20.3 Å². The molecule has 0 aliphatic rings. The van der Waals surface area contributed by atoms with E-state index in [9.17, 15) is 34.5 Å². The topological polar surface area (TPSA) is 162 Å². The number of fused-ring (bicyclic) bond motifs is 2. The predicted octanol–water partition coefficient (Wildman–Crippen LogP) is 2.45. The van der Waals surface area contributed by atoms with Crippen molar-refractivity contribution in [2.75, 3.05) is 0 Å². The maximum absolute atomic E-state index is 13.2. The number of hydrogen-bond donors (Lipinski definition) is 4. The Morgan fingerprint density at radius 1 is 0.969 bits per heavy atom. The van der Waals surface area contributed by atoms with Crippen molar-refractivity contribution < 1.29 is 29.7 Å². The number of nitrogens with zero attached hydrogens (tertiary/aromatic N) is 2. The molecule has 0 amide bonds. The minimum Gasteiger partial charge on any atom is -0.478 e. The lowest BCUT2D eigenvalue weighted by Crippen LogP contribution is -2.13. The molecular formula is C22H13N3O7. The van der Waals surface area contributed by atoms with Gasteiger partial charge in [-0.1, -0.05) is 30.3 Å². The van der Waals surface area contributed by atoms with E-state index >= 15 is 0 Å². The third kappa shape index (κ3) is 2.63. The smallest absolute Gasteiger partial charge is 0.352 e. The molecule has 0 aliphatic heterocycles. The molecule has 3 heterocycles. The number of carbonyl (C=O) groups is 3. The maximum Gasteiger partial charge on any atom is 0.352 e. The summed E-state index contributed by atoms with van der Waals surface area (Å²) in [4.78, 5) is 55.7. The molecule has 0 unspecified atom stereocenters. The number of hydrogen-bond acceptors (Lipinski definition) is 5. The Bertz CT molecular complexity index is 1650. The third-order valence-electron chi connectivity index (χ3n) is 5.39. The van der Waals surface area contributed by atoms with Gasteiger partial charge in [0.1, 0.15) is 22.7 Å². The zero-order valence-corrected chi connectivity index (χ0v) is 16.1. The lowest BCUT2D eigenvalue weighted by molar-refractivity contribution is 0.0677. The van der Waals surface area contributed by atoms with Crippen LogP contribution >= 0.6 is 0 Å². The van der Waals surface area contributed by atoms with Gasteiger partial charge in [0.25, 0.3) is 0 Å². The van der Waals surface area contributed by atoms with Crippen LogP contribution in [0.25, 0.3) is 27.3 Å². The summed E-state index contributed by atoms with van der Waals surface area (Å²) >= 11 is 0. The van der Waals surface area contributed by atoms with Crippen LogP contribution in [-0.4, -0.2) is 47.6 Å². The molecule has 0 bridgehead atoms. The Morgan fingerprint density at radius 2 is 1.69 bits per heavy atom. The second-order valence-electron chi connectivity index (χ2n) is 7.26. The Kier molecular flexibility index (Phi) is 3.99. The lowest BCUT2D eigenvalue weighted by atomic mass is 10.0. The van der Waals surface area contributed by atoms with Crippen molar-refractivity contribution in [2.45, 2.75) is 6.42 Å². The first-order valence-electron chi connectivity index (χ1n) is 9.38. The highest BCUT2D eigenvalue weighted by molar-refractivity contribution is 6.20. The van der Waals surface area contributed by atoms with E-state index in [0.717, 1.165) is 17.7 Å². The van der Waals surface area contributed by atoms with Gasteiger partial charge in [-0.2, -0.15) is 0 Å². The van der Waals surface area contributed by atoms with E-state index in [0.29, 0.717) is 0 Å². The molecule has 158 valence electrons. The SMILES string of the molecule is O=C(O)c1cc2c(=O)c3nc(Cc4ccccc4)n4c(C(=O)O)cc(C(=O)O)c(c2[nH]1)c34. The Balaban J connectivity index is 2.01. The van der Waals surface area contributed by atoms with Gasteiger partial charge >= 0.3 is 17.9 Å². The molecule has 0 saturated heterocycles. The van der Waals surface area contributed by atoms with E-state index in [-0.39, 0.29) is 56.5 Å². The van der Waals surface area contributed by atoms with Crippen LogP contribution in [0.5, 0.6) is 0 Å². The van der Waals surface area contributed by atoms with E-state index in [1.54, 1.807) is 12.1 Å². The molecule has 10 nitrogen and oxygen atoms in total. The summed E-state index contributed by atoms with van der Waals surface area (Å²) < 4.78 is 1.26. The van der Waals surface area contributed by atoms with Crippen LogP contribution < -0.4 is 5.43 Å². The van der Waals surface area contributed by atoms with Crippen LogP contribution in [0.15, 0.2) is 47.3 Å². The molecule has 2 aromatic carbocycles. The van der Waals surface area contributed by atoms with Gasteiger partial charge in [0.2, 0.25) is 5.43 Å². The minimum atomic E-state index is -1.42. The van der Waals surface area contributed by atoms with E-state index in [4.69, 9.17) is 0 Å². The standard InChI is InChI=1S/C22H13N3O7/c26-19-11-7-12(21(29)30)23-16(11)15-10(20(27)28)8-13(22(31)32)25-14(24-17(19)18(15)25)6-9-4-2-1-3-5-9/h1-5,7-8,23H,6H2,(H,27,28)(H,29,30)(H,31,32). The first kappa shape index (κ1) is 19.2. The fraction of sp³-hybridized carbons (Fsp3) is 0.0455. The van der Waals surface area contributed by atoms with Gasteiger partial charge in [0.05, 0.1) is 22.0 Å². The zero-order chi connectivity index (χ0) is 22.7. The molecule has 5 rings (SSSR count). The average molecular weight is 431 g/mol. The molecule has 32 heavy (non-hydrogen) atoms. The lowest BCUT2D eigenvalue weighted by Gasteiger charge is -2.11. The number of pyridine rings is 1. The summed E-state index contributed by atoms with van der Waals surface area (Å²) in [6, 6.07) is 11.2. The van der Waals surface area contributed by atoms with Crippen molar-refractivity contribution in [1.29, 1.82) is 0 Å². The van der Waals surface area contributed by atoms with Crippen molar-refractivity contribution in [1.82, 2.24) is 14.4 Å². The van der Waals surface area contributed by atoms with Gasteiger partial charge in [-0.15, -0.1) is 0 Å². The van der Waals surface area contributed by atoms with Gasteiger partial charge in [0.15, 0.2) is 0 Å². The molecule has 0 atom stereocenters. The van der Waals surface area contributed by atoms with E-state index in [1.165, 1.54) is 4.40 Å². The molecule has 0 radical (unpaired) electrons. The summed E-state index contributed by atoms with van der Waals surface area (Å²) in [5, 5.41) is 28.9. The van der Waals surface area contributed by atoms with Gasteiger partial charge in [-0.05, 0) is 17.7 Å². The fourth-order valence-corrected chi connectivity index (χ4v) is 4.07. The van der Waals surface area contributed by atoms with E-state index in [1.807, 2.05) is 18.2 Å². The third-order valence-corrected chi connectivity index (χ3v) is 5.39. The van der Waals surface area contributed by atoms with Gasteiger partial charge in [-0.3, -0.25) is 9.20 Å². The number of H-pyrrole nitrogens is 1. The van der Waals surface area contributed by atoms with Crippen LogP contribution in [0, 0.1) is 0 Å². The first-order valence-corrected chi connectivity index (χ1v) is 9.38. The molecule has 0 aliphatic carbocycles. The van der Waals surface area contributed by atoms with Crippen LogP contribution in [0.3, 0.4) is 0 Å². The Morgan fingerprint density at radius 3 is 2.31 bits per heavy atom. The first-order chi connectivity index (χ1) is 15.3. The largest absolute Gasteiger partial charge is 0.478 e. The molecule has 4 N–H and O–H groups in total. The number of aromatic amines is 1. The Hall–Kier alpha value is -4.73. The normalized spacial score (nSPS) is 11.5. The number of carboxylic acid groups (broad SMARTS) is 3. The molecule has 10 heteroatoms. The van der Waals surface area contributed by atoms with Crippen molar-refractivity contribution >= 4 is 45.2 Å². The van der Waals surface area contributed by atoms with Crippen molar-refractivity contribution in [3.8, 4) is 0 Å². The van der Waals surface area contributed by atoms with Crippen LogP contribution in [0.4, 0.5) is 0 Å². The quantitative estimate of drug-likeness (QED) is 0.330. The highest BCUT2D eigenvalue weighted by Crippen LogP contribution is 2.32. The summed E-state index contributed by atoms with van der Waals surface area (Å²) in [5.41, 5.74) is -0.955. The number of imidazole rings is 1. The van der Waals surface area contributed by atoms with Crippen LogP contribution in [0.2, 0.25) is 0 Å². The number of nitrogens with one attached hydrogen (secondary N) is 1.